The molecule has 3 aromatic rings. The summed E-state index contributed by atoms with van der Waals surface area (Å²) in [6.45, 7) is 0. The molecule has 0 spiro atoms. The van der Waals surface area contributed by atoms with E-state index in [2.05, 4.69) is 10.1 Å². The number of hydrogen-bond donors (Lipinski definition) is 0. The Labute approximate surface area is 121 Å². The van der Waals surface area contributed by atoms with Crippen molar-refractivity contribution in [3.63, 3.8) is 0 Å². The van der Waals surface area contributed by atoms with Gasteiger partial charge in [-0.1, -0.05) is 12.1 Å². The number of fused-ring (bicyclic) bond motifs is 1. The molecule has 3 rings (SSSR count). The molecule has 0 amide bonds. The fraction of sp³-hybridized carbons (Fsp3) is 0.0909. The monoisotopic (exact) mass is 373 g/mol. The van der Waals surface area contributed by atoms with Crippen molar-refractivity contribution in [3.8, 4) is 22.2 Å². The van der Waals surface area contributed by atoms with E-state index in [1.54, 1.807) is 34.6 Å². The van der Waals surface area contributed by atoms with Crippen LogP contribution in [0.15, 0.2) is 30.5 Å². The Bertz CT molecular complexity index is 663. The number of hydrogen-bond acceptors (Lipinski definition) is 5. The zero-order valence-corrected chi connectivity index (χ0v) is 12.3. The second kappa shape index (κ2) is 4.73. The summed E-state index contributed by atoms with van der Waals surface area (Å²) in [6.07, 6.45) is 1.87. The number of imidazole rings is 1. The van der Waals surface area contributed by atoms with E-state index in [1.807, 2.05) is 30.5 Å². The van der Waals surface area contributed by atoms with Crippen molar-refractivity contribution in [1.82, 2.24) is 14.6 Å². The molecule has 0 unspecified atom stereocenters. The maximum atomic E-state index is 5.20. The SMILES string of the molecule is COc1cccc(-c2cn3nc(OI)sc3n2)c1. The van der Waals surface area contributed by atoms with Crippen LogP contribution < -0.4 is 7.80 Å². The zero-order chi connectivity index (χ0) is 12.5. The van der Waals surface area contributed by atoms with Gasteiger partial charge in [0.15, 0.2) is 23.0 Å². The van der Waals surface area contributed by atoms with Crippen LogP contribution in [0.5, 0.6) is 10.9 Å². The molecule has 0 fully saturated rings. The smallest absolute Gasteiger partial charge is 0.303 e. The van der Waals surface area contributed by atoms with Crippen LogP contribution in [0.25, 0.3) is 16.2 Å². The summed E-state index contributed by atoms with van der Waals surface area (Å²) in [4.78, 5) is 5.31. The second-order valence-corrected chi connectivity index (χ2v) is 4.89. The number of aromatic nitrogens is 3. The van der Waals surface area contributed by atoms with Gasteiger partial charge in [0.1, 0.15) is 5.75 Å². The molecule has 0 radical (unpaired) electrons. The van der Waals surface area contributed by atoms with E-state index in [0.29, 0.717) is 5.19 Å². The summed E-state index contributed by atoms with van der Waals surface area (Å²) < 4.78 is 12.0. The predicted molar refractivity (Wildman–Crippen MR) is 77.5 cm³/mol. The Morgan fingerprint density at radius 1 is 1.39 bits per heavy atom. The maximum absolute atomic E-state index is 5.20. The van der Waals surface area contributed by atoms with Crippen LogP contribution >= 0.6 is 34.3 Å². The number of nitrogens with zero attached hydrogens (tertiary/aromatic N) is 3. The third-order valence-corrected chi connectivity index (χ3v) is 3.97. The quantitative estimate of drug-likeness (QED) is 0.662. The van der Waals surface area contributed by atoms with Crippen molar-refractivity contribution >= 4 is 39.3 Å². The molecular formula is C11H8IN3O2S. The van der Waals surface area contributed by atoms with Gasteiger partial charge in [-0.3, -0.25) is 0 Å². The summed E-state index contributed by atoms with van der Waals surface area (Å²) in [5.74, 6) is 0.813. The summed E-state index contributed by atoms with van der Waals surface area (Å²) in [5.41, 5.74) is 1.87. The van der Waals surface area contributed by atoms with Crippen LogP contribution in [0.3, 0.4) is 0 Å². The van der Waals surface area contributed by atoms with E-state index in [-0.39, 0.29) is 0 Å². The van der Waals surface area contributed by atoms with Gasteiger partial charge in [0, 0.05) is 5.56 Å². The van der Waals surface area contributed by atoms with Crippen LogP contribution in [0.1, 0.15) is 0 Å². The summed E-state index contributed by atoms with van der Waals surface area (Å²) in [5, 5.41) is 4.82. The van der Waals surface area contributed by atoms with Gasteiger partial charge in [0.25, 0.3) is 0 Å². The van der Waals surface area contributed by atoms with Crippen molar-refractivity contribution in [1.29, 1.82) is 0 Å². The molecule has 0 aliphatic rings. The van der Waals surface area contributed by atoms with E-state index >= 15 is 0 Å². The second-order valence-electron chi connectivity index (χ2n) is 3.53. The van der Waals surface area contributed by atoms with E-state index in [1.165, 1.54) is 11.3 Å². The molecule has 0 saturated heterocycles. The summed E-state index contributed by atoms with van der Waals surface area (Å²) in [6, 6.07) is 7.78. The highest BCUT2D eigenvalue weighted by Crippen LogP contribution is 2.27. The van der Waals surface area contributed by atoms with Gasteiger partial charge in [-0.05, 0) is 23.5 Å². The standard InChI is InChI=1S/C11H8IN3O2S/c1-16-8-4-2-3-7(5-8)9-6-15-10(13-9)18-11(14-15)17-12/h2-6H,1H3. The van der Waals surface area contributed by atoms with Crippen LogP contribution in [-0.2, 0) is 0 Å². The van der Waals surface area contributed by atoms with E-state index in [0.717, 1.165) is 22.0 Å². The van der Waals surface area contributed by atoms with Crippen molar-refractivity contribution in [3.05, 3.63) is 30.5 Å². The molecule has 7 heteroatoms. The minimum atomic E-state index is 0.593. The van der Waals surface area contributed by atoms with Crippen molar-refractivity contribution in [2.24, 2.45) is 0 Å². The number of benzene rings is 1. The Morgan fingerprint density at radius 2 is 2.28 bits per heavy atom. The van der Waals surface area contributed by atoms with Crippen LogP contribution in [0.4, 0.5) is 0 Å². The van der Waals surface area contributed by atoms with E-state index in [9.17, 15) is 0 Å². The number of methoxy groups -OCH3 is 1. The van der Waals surface area contributed by atoms with Crippen LogP contribution in [0, 0.1) is 0 Å². The van der Waals surface area contributed by atoms with E-state index < -0.39 is 0 Å². The van der Waals surface area contributed by atoms with Crippen LogP contribution in [-0.4, -0.2) is 21.7 Å². The lowest BCUT2D eigenvalue weighted by atomic mass is 10.1. The first-order valence-electron chi connectivity index (χ1n) is 5.09. The molecule has 0 aliphatic carbocycles. The molecule has 0 atom stereocenters. The molecule has 0 N–H and O–H groups in total. The van der Waals surface area contributed by atoms with Gasteiger partial charge in [-0.15, -0.1) is 5.10 Å². The van der Waals surface area contributed by atoms with Gasteiger partial charge in [0.05, 0.1) is 19.0 Å². The number of ether oxygens (including phenoxy) is 1. The minimum Gasteiger partial charge on any atom is -0.497 e. The topological polar surface area (TPSA) is 48.7 Å². The predicted octanol–water partition coefficient (Wildman–Crippen LogP) is 3.20. The van der Waals surface area contributed by atoms with Crippen molar-refractivity contribution in [2.75, 3.05) is 7.11 Å². The Hall–Kier alpha value is -1.35. The first-order chi connectivity index (χ1) is 8.80. The normalized spacial score (nSPS) is 10.8. The van der Waals surface area contributed by atoms with E-state index in [4.69, 9.17) is 7.80 Å². The van der Waals surface area contributed by atoms with Gasteiger partial charge >= 0.3 is 5.19 Å². The average Bonchev–Trinajstić information content (AvgIpc) is 2.96. The molecule has 2 heterocycles. The molecule has 92 valence electrons. The first kappa shape index (κ1) is 11.7. The lowest BCUT2D eigenvalue weighted by Crippen LogP contribution is -1.84. The molecule has 1 aromatic carbocycles. The number of halogens is 1. The molecule has 2 aromatic heterocycles. The average molecular weight is 373 g/mol. The van der Waals surface area contributed by atoms with Gasteiger partial charge in [-0.25, -0.2) is 9.50 Å². The number of rotatable bonds is 3. The minimum absolute atomic E-state index is 0.593. The highest BCUT2D eigenvalue weighted by molar-refractivity contribution is 14.1. The van der Waals surface area contributed by atoms with Crippen molar-refractivity contribution < 1.29 is 7.80 Å². The molecular weight excluding hydrogens is 365 g/mol. The van der Waals surface area contributed by atoms with Gasteiger partial charge in [-0.2, -0.15) is 0 Å². The third kappa shape index (κ3) is 2.03. The molecule has 5 nitrogen and oxygen atoms in total. The molecule has 0 bridgehead atoms. The van der Waals surface area contributed by atoms with Crippen LogP contribution in [0.2, 0.25) is 0 Å². The van der Waals surface area contributed by atoms with Gasteiger partial charge < -0.3 is 7.80 Å². The maximum Gasteiger partial charge on any atom is 0.303 e. The third-order valence-electron chi connectivity index (χ3n) is 2.46. The Morgan fingerprint density at radius 3 is 3.00 bits per heavy atom. The highest BCUT2D eigenvalue weighted by atomic mass is 127. The lowest BCUT2D eigenvalue weighted by Gasteiger charge is -2.00. The molecule has 0 aliphatic heterocycles. The Balaban J connectivity index is 2.05. The summed E-state index contributed by atoms with van der Waals surface area (Å²) in [7, 11) is 1.65. The lowest BCUT2D eigenvalue weighted by molar-refractivity contribution is 0.415. The molecule has 0 saturated carbocycles. The van der Waals surface area contributed by atoms with Crippen molar-refractivity contribution in [2.45, 2.75) is 0 Å². The highest BCUT2D eigenvalue weighted by Gasteiger charge is 2.10. The summed E-state index contributed by atoms with van der Waals surface area (Å²) >= 11 is 3.21. The molecule has 18 heavy (non-hydrogen) atoms. The fourth-order valence-electron chi connectivity index (χ4n) is 1.63. The largest absolute Gasteiger partial charge is 0.497 e. The fourth-order valence-corrected chi connectivity index (χ4v) is 2.64. The Kier molecular flexibility index (Phi) is 3.08. The van der Waals surface area contributed by atoms with Gasteiger partial charge in [0.2, 0.25) is 4.96 Å². The zero-order valence-electron chi connectivity index (χ0n) is 9.33. The first-order valence-corrected chi connectivity index (χ1v) is 6.79.